The Kier molecular flexibility index (Phi) is 8.52. The molecule has 0 amide bonds. The second kappa shape index (κ2) is 10.2. The number of ketones is 1. The van der Waals surface area contributed by atoms with Crippen LogP contribution in [0.15, 0.2) is 11.8 Å². The lowest BCUT2D eigenvalue weighted by Gasteiger charge is -2.20. The summed E-state index contributed by atoms with van der Waals surface area (Å²) in [5, 5.41) is 11.2. The van der Waals surface area contributed by atoms with Gasteiger partial charge in [-0.3, -0.25) is 14.9 Å². The highest BCUT2D eigenvalue weighted by molar-refractivity contribution is 6.25. The monoisotopic (exact) mass is 431 g/mol. The fraction of sp³-hybridized carbons (Fsp3) is 0.474. The van der Waals surface area contributed by atoms with Crippen molar-refractivity contribution in [1.82, 2.24) is 10.9 Å². The Labute approximate surface area is 171 Å². The number of carbonyl (C=O) groups is 2. The number of hydrogen-bond donors (Lipinski definition) is 2. The molecule has 166 valence electrons. The lowest BCUT2D eigenvalue weighted by Crippen LogP contribution is -2.44. The number of benzene rings is 1. The minimum atomic E-state index is -2.00. The highest BCUT2D eigenvalue weighted by Gasteiger charge is 2.37. The first-order valence-corrected chi connectivity index (χ1v) is 9.09. The summed E-state index contributed by atoms with van der Waals surface area (Å²) >= 11 is 0. The number of ether oxygens (including phenoxy) is 1. The van der Waals surface area contributed by atoms with E-state index in [-0.39, 0.29) is 6.61 Å². The third-order valence-corrected chi connectivity index (χ3v) is 3.78. The van der Waals surface area contributed by atoms with Gasteiger partial charge >= 0.3 is 11.7 Å². The van der Waals surface area contributed by atoms with Crippen molar-refractivity contribution in [2.75, 3.05) is 6.61 Å². The second-order valence-electron chi connectivity index (χ2n) is 7.44. The smallest absolute Gasteiger partial charge is 0.343 e. The van der Waals surface area contributed by atoms with Crippen molar-refractivity contribution in [2.24, 2.45) is 0 Å². The molecule has 1 aromatic carbocycles. The minimum Gasteiger partial charge on any atom is -0.462 e. The first-order valence-electron chi connectivity index (χ1n) is 9.09. The van der Waals surface area contributed by atoms with Crippen molar-refractivity contribution in [2.45, 2.75) is 53.0 Å². The standard InChI is InChI=1S/C19H24F3N3O5/c1-6-7-8-30-18(27)11(9-23-24-19(3,4)5)17(26)12-13(20)10(2)14(21)15(22)16(12)25(28)29/h9,23-24H,6-8H2,1-5H3. The Morgan fingerprint density at radius 1 is 1.17 bits per heavy atom. The average Bonchev–Trinajstić information content (AvgIpc) is 2.64. The number of nitrogens with zero attached hydrogens (tertiary/aromatic N) is 1. The van der Waals surface area contributed by atoms with Gasteiger partial charge in [0.05, 0.1) is 11.5 Å². The summed E-state index contributed by atoms with van der Waals surface area (Å²) in [6.45, 7) is 7.83. The molecule has 0 aliphatic rings. The number of unbranched alkanes of at least 4 members (excludes halogenated alkanes) is 1. The molecule has 0 radical (unpaired) electrons. The Morgan fingerprint density at radius 2 is 1.77 bits per heavy atom. The predicted octanol–water partition coefficient (Wildman–Crippen LogP) is 3.62. The summed E-state index contributed by atoms with van der Waals surface area (Å²) in [4.78, 5) is 35.1. The van der Waals surface area contributed by atoms with Gasteiger partial charge < -0.3 is 10.2 Å². The Balaban J connectivity index is 3.54. The zero-order chi connectivity index (χ0) is 23.2. The van der Waals surface area contributed by atoms with E-state index in [4.69, 9.17) is 4.74 Å². The van der Waals surface area contributed by atoms with Crippen molar-refractivity contribution in [3.63, 3.8) is 0 Å². The minimum absolute atomic E-state index is 0.0615. The van der Waals surface area contributed by atoms with Crippen LogP contribution in [0.1, 0.15) is 56.5 Å². The van der Waals surface area contributed by atoms with Crippen LogP contribution in [-0.4, -0.2) is 28.8 Å². The van der Waals surface area contributed by atoms with E-state index in [2.05, 4.69) is 10.9 Å². The average molecular weight is 431 g/mol. The van der Waals surface area contributed by atoms with Gasteiger partial charge in [-0.15, -0.1) is 0 Å². The fourth-order valence-electron chi connectivity index (χ4n) is 2.21. The summed E-state index contributed by atoms with van der Waals surface area (Å²) in [6.07, 6.45) is 1.98. The van der Waals surface area contributed by atoms with Crippen LogP contribution in [-0.2, 0) is 9.53 Å². The van der Waals surface area contributed by atoms with E-state index in [0.29, 0.717) is 12.8 Å². The number of halogens is 3. The zero-order valence-corrected chi connectivity index (χ0v) is 17.3. The molecule has 0 atom stereocenters. The van der Waals surface area contributed by atoms with Crippen LogP contribution >= 0.6 is 0 Å². The molecule has 30 heavy (non-hydrogen) atoms. The second-order valence-corrected chi connectivity index (χ2v) is 7.44. The van der Waals surface area contributed by atoms with Gasteiger partial charge in [-0.05, 0) is 34.1 Å². The van der Waals surface area contributed by atoms with Crippen LogP contribution in [0.2, 0.25) is 0 Å². The first kappa shape index (κ1) is 25.1. The molecular weight excluding hydrogens is 407 g/mol. The molecule has 0 aliphatic carbocycles. The largest absolute Gasteiger partial charge is 0.462 e. The van der Waals surface area contributed by atoms with Crippen molar-refractivity contribution in [1.29, 1.82) is 0 Å². The molecule has 0 spiro atoms. The molecule has 8 nitrogen and oxygen atoms in total. The SMILES string of the molecule is CCCCOC(=O)C(=CNNC(C)(C)C)C(=O)c1c(F)c(C)c(F)c(F)c1[N+](=O)[O-]. The highest BCUT2D eigenvalue weighted by atomic mass is 19.2. The fourth-order valence-corrected chi connectivity index (χ4v) is 2.21. The summed E-state index contributed by atoms with van der Waals surface area (Å²) in [5.41, 5.74) is -0.161. The van der Waals surface area contributed by atoms with Gasteiger partial charge in [-0.2, -0.15) is 4.39 Å². The molecule has 1 rings (SSSR count). The van der Waals surface area contributed by atoms with Gasteiger partial charge in [-0.25, -0.2) is 19.0 Å². The number of esters is 1. The van der Waals surface area contributed by atoms with Gasteiger partial charge in [0.1, 0.15) is 17.0 Å². The molecule has 1 aromatic rings. The maximum atomic E-state index is 14.6. The van der Waals surface area contributed by atoms with Gasteiger partial charge in [0.2, 0.25) is 11.6 Å². The molecular formula is C19H24F3N3O5. The van der Waals surface area contributed by atoms with Crippen LogP contribution in [0.4, 0.5) is 18.9 Å². The number of Topliss-reactive ketones (excluding diaryl/α,β-unsaturated/α-hetero) is 1. The molecule has 0 fully saturated rings. The van der Waals surface area contributed by atoms with Crippen molar-refractivity contribution < 1.29 is 32.4 Å². The maximum absolute atomic E-state index is 14.6. The third-order valence-electron chi connectivity index (χ3n) is 3.78. The highest BCUT2D eigenvalue weighted by Crippen LogP contribution is 2.32. The van der Waals surface area contributed by atoms with Gasteiger partial charge in [0.15, 0.2) is 5.82 Å². The van der Waals surface area contributed by atoms with Gasteiger partial charge in [-0.1, -0.05) is 13.3 Å². The van der Waals surface area contributed by atoms with Crippen molar-refractivity contribution in [3.8, 4) is 0 Å². The van der Waals surface area contributed by atoms with Crippen molar-refractivity contribution in [3.05, 3.63) is 50.5 Å². The zero-order valence-electron chi connectivity index (χ0n) is 17.3. The lowest BCUT2D eigenvalue weighted by atomic mass is 9.98. The summed E-state index contributed by atoms with van der Waals surface area (Å²) in [7, 11) is 0. The summed E-state index contributed by atoms with van der Waals surface area (Å²) < 4.78 is 47.5. The number of nitrogens with one attached hydrogen (secondary N) is 2. The molecule has 0 saturated heterocycles. The summed E-state index contributed by atoms with van der Waals surface area (Å²) in [6, 6.07) is 0. The Morgan fingerprint density at radius 3 is 2.27 bits per heavy atom. The molecule has 0 bridgehead atoms. The van der Waals surface area contributed by atoms with E-state index in [9.17, 15) is 32.9 Å². The van der Waals surface area contributed by atoms with E-state index >= 15 is 0 Å². The number of hydrazine groups is 1. The van der Waals surface area contributed by atoms with E-state index in [0.717, 1.165) is 13.1 Å². The van der Waals surface area contributed by atoms with E-state index in [1.807, 2.05) is 6.92 Å². The topological polar surface area (TPSA) is 111 Å². The molecule has 0 saturated carbocycles. The number of nitro groups is 1. The quantitative estimate of drug-likeness (QED) is 0.0707. The molecule has 0 unspecified atom stereocenters. The Bertz CT molecular complexity index is 879. The summed E-state index contributed by atoms with van der Waals surface area (Å²) in [5.74, 6) is -8.15. The number of carbonyl (C=O) groups excluding carboxylic acids is 2. The number of hydrogen-bond acceptors (Lipinski definition) is 7. The number of nitro benzene ring substituents is 1. The van der Waals surface area contributed by atoms with Crippen LogP contribution in [0.5, 0.6) is 0 Å². The molecule has 0 aromatic heterocycles. The van der Waals surface area contributed by atoms with Crippen LogP contribution in [0.25, 0.3) is 0 Å². The first-order chi connectivity index (χ1) is 13.8. The third kappa shape index (κ3) is 6.02. The normalized spacial score (nSPS) is 11.9. The molecule has 0 aliphatic heterocycles. The molecule has 2 N–H and O–H groups in total. The van der Waals surface area contributed by atoms with Crippen LogP contribution in [0.3, 0.4) is 0 Å². The van der Waals surface area contributed by atoms with Crippen LogP contribution < -0.4 is 10.9 Å². The maximum Gasteiger partial charge on any atom is 0.343 e. The predicted molar refractivity (Wildman–Crippen MR) is 102 cm³/mol. The molecule has 11 heteroatoms. The Hall–Kier alpha value is -2.95. The van der Waals surface area contributed by atoms with E-state index in [1.54, 1.807) is 20.8 Å². The van der Waals surface area contributed by atoms with E-state index < -0.39 is 62.1 Å². The lowest BCUT2D eigenvalue weighted by molar-refractivity contribution is -0.388. The number of rotatable bonds is 9. The van der Waals surface area contributed by atoms with Crippen LogP contribution in [0, 0.1) is 34.5 Å². The van der Waals surface area contributed by atoms with Crippen molar-refractivity contribution >= 4 is 17.4 Å². The van der Waals surface area contributed by atoms with Gasteiger partial charge in [0.25, 0.3) is 0 Å². The van der Waals surface area contributed by atoms with E-state index in [1.165, 1.54) is 0 Å². The van der Waals surface area contributed by atoms with Gasteiger partial charge in [0, 0.05) is 17.3 Å². The molecule has 0 heterocycles.